The average molecular weight is 284 g/mol. The summed E-state index contributed by atoms with van der Waals surface area (Å²) in [7, 11) is 0. The van der Waals surface area contributed by atoms with Gasteiger partial charge in [-0.2, -0.15) is 4.98 Å². The van der Waals surface area contributed by atoms with E-state index < -0.39 is 36.5 Å². The summed E-state index contributed by atoms with van der Waals surface area (Å²) in [6, 6.07) is 1.29. The topological polar surface area (TPSA) is 180 Å². The molecular weight excluding hydrogens is 272 g/mol. The molecular formula is C9H12N6O5. The Morgan fingerprint density at radius 2 is 2.35 bits per heavy atom. The molecule has 11 heteroatoms. The van der Waals surface area contributed by atoms with Gasteiger partial charge in [-0.15, -0.1) is 0 Å². The van der Waals surface area contributed by atoms with E-state index in [1.807, 2.05) is 0 Å². The number of hydrogen-bond acceptors (Lipinski definition) is 8. The number of nitrogens with zero attached hydrogens (tertiary/aromatic N) is 5. The average Bonchev–Trinajstić information content (AvgIpc) is 2.65. The number of nitrogens with two attached hydrogens (primary N) is 1. The van der Waals surface area contributed by atoms with Crippen LogP contribution in [0.25, 0.3) is 10.4 Å². The van der Waals surface area contributed by atoms with Crippen LogP contribution in [0.4, 0.5) is 5.82 Å². The van der Waals surface area contributed by atoms with Crippen molar-refractivity contribution in [2.45, 2.75) is 24.2 Å². The summed E-state index contributed by atoms with van der Waals surface area (Å²) >= 11 is 0. The molecule has 2 rings (SSSR count). The van der Waals surface area contributed by atoms with Crippen molar-refractivity contribution >= 4 is 5.82 Å². The van der Waals surface area contributed by atoms with Crippen LogP contribution in [0.5, 0.6) is 0 Å². The Kier molecular flexibility index (Phi) is 3.61. The van der Waals surface area contributed by atoms with E-state index in [-0.39, 0.29) is 5.82 Å². The lowest BCUT2D eigenvalue weighted by molar-refractivity contribution is -0.125. The van der Waals surface area contributed by atoms with Crippen molar-refractivity contribution in [3.8, 4) is 0 Å². The van der Waals surface area contributed by atoms with E-state index in [1.54, 1.807) is 0 Å². The summed E-state index contributed by atoms with van der Waals surface area (Å²) in [4.78, 5) is 17.6. The first-order valence-corrected chi connectivity index (χ1v) is 5.51. The minimum atomic E-state index is -2.07. The number of anilines is 1. The van der Waals surface area contributed by atoms with Gasteiger partial charge in [0.05, 0.1) is 6.61 Å². The van der Waals surface area contributed by atoms with Gasteiger partial charge in [-0.3, -0.25) is 4.57 Å². The lowest BCUT2D eigenvalue weighted by Gasteiger charge is -2.23. The molecule has 1 aliphatic heterocycles. The molecule has 0 saturated carbocycles. The molecule has 4 atom stereocenters. The van der Waals surface area contributed by atoms with E-state index in [1.165, 1.54) is 12.3 Å². The maximum Gasteiger partial charge on any atom is 0.351 e. The van der Waals surface area contributed by atoms with E-state index in [0.29, 0.717) is 0 Å². The van der Waals surface area contributed by atoms with Crippen molar-refractivity contribution in [2.75, 3.05) is 12.3 Å². The second-order valence-electron chi connectivity index (χ2n) is 4.18. The van der Waals surface area contributed by atoms with Crippen molar-refractivity contribution in [1.29, 1.82) is 0 Å². The molecule has 0 aromatic carbocycles. The van der Waals surface area contributed by atoms with Gasteiger partial charge in [0.25, 0.3) is 0 Å². The highest BCUT2D eigenvalue weighted by atomic mass is 16.6. The van der Waals surface area contributed by atoms with Gasteiger partial charge in [-0.25, -0.2) is 4.79 Å². The van der Waals surface area contributed by atoms with Crippen molar-refractivity contribution in [2.24, 2.45) is 5.11 Å². The number of aromatic nitrogens is 2. The second kappa shape index (κ2) is 5.07. The number of rotatable bonds is 3. The molecule has 0 aliphatic carbocycles. The van der Waals surface area contributed by atoms with Crippen LogP contribution in [-0.4, -0.2) is 49.4 Å². The van der Waals surface area contributed by atoms with Gasteiger partial charge < -0.3 is 25.8 Å². The highest BCUT2D eigenvalue weighted by molar-refractivity contribution is 5.23. The zero-order valence-electron chi connectivity index (χ0n) is 10.1. The Labute approximate surface area is 111 Å². The Balaban J connectivity index is 2.45. The second-order valence-corrected chi connectivity index (χ2v) is 4.18. The van der Waals surface area contributed by atoms with Gasteiger partial charge in [0.15, 0.2) is 6.23 Å². The number of azide groups is 1. The molecule has 1 fully saturated rings. The first-order valence-electron chi connectivity index (χ1n) is 5.51. The molecule has 0 unspecified atom stereocenters. The summed E-state index contributed by atoms with van der Waals surface area (Å²) in [5.41, 5.74) is 10.9. The van der Waals surface area contributed by atoms with Gasteiger partial charge >= 0.3 is 5.69 Å². The minimum Gasteiger partial charge on any atom is -0.393 e. The summed E-state index contributed by atoms with van der Waals surface area (Å²) in [6.45, 7) is -0.872. The highest BCUT2D eigenvalue weighted by Crippen LogP contribution is 2.37. The van der Waals surface area contributed by atoms with Crippen LogP contribution in [0.1, 0.15) is 6.23 Å². The molecule has 0 spiro atoms. The summed E-state index contributed by atoms with van der Waals surface area (Å²) in [5, 5.41) is 32.2. The molecule has 0 amide bonds. The largest absolute Gasteiger partial charge is 0.393 e. The standard InChI is InChI=1S/C9H12N6O5/c10-4-1-2-15(8(19)12-4)7-5(17)6(18)9(3-16,20-7)13-14-11/h1-2,5-7,16-18H,3H2,(H2,10,12,19)/t5-,6-,7+,9+/m1/s1. The Morgan fingerprint density at radius 3 is 2.90 bits per heavy atom. The quantitative estimate of drug-likeness (QED) is 0.283. The molecule has 1 aromatic rings. The van der Waals surface area contributed by atoms with Crippen LogP contribution in [0.15, 0.2) is 22.2 Å². The number of aliphatic hydroxyl groups excluding tert-OH is 3. The van der Waals surface area contributed by atoms with E-state index in [0.717, 1.165) is 4.57 Å². The maximum atomic E-state index is 11.7. The summed E-state index contributed by atoms with van der Waals surface area (Å²) < 4.78 is 6.05. The predicted octanol–water partition coefficient (Wildman–Crippen LogP) is -1.92. The lowest BCUT2D eigenvalue weighted by Crippen LogP contribution is -2.44. The van der Waals surface area contributed by atoms with Crippen LogP contribution >= 0.6 is 0 Å². The summed E-state index contributed by atoms with van der Waals surface area (Å²) in [6.07, 6.45) is -3.48. The first kappa shape index (κ1) is 14.2. The molecule has 108 valence electrons. The zero-order valence-corrected chi connectivity index (χ0v) is 10.1. The van der Waals surface area contributed by atoms with E-state index >= 15 is 0 Å². The molecule has 1 aromatic heterocycles. The van der Waals surface area contributed by atoms with Crippen LogP contribution in [0.3, 0.4) is 0 Å². The molecule has 2 heterocycles. The molecule has 0 bridgehead atoms. The third-order valence-electron chi connectivity index (χ3n) is 2.97. The number of ether oxygens (including phenoxy) is 1. The molecule has 0 radical (unpaired) electrons. The fourth-order valence-electron chi connectivity index (χ4n) is 1.93. The Bertz CT molecular complexity index is 613. The molecule has 1 aliphatic rings. The van der Waals surface area contributed by atoms with Crippen molar-refractivity contribution < 1.29 is 20.1 Å². The monoisotopic (exact) mass is 284 g/mol. The van der Waals surface area contributed by atoms with Crippen molar-refractivity contribution in [3.05, 3.63) is 33.2 Å². The third-order valence-corrected chi connectivity index (χ3v) is 2.97. The predicted molar refractivity (Wildman–Crippen MR) is 64.0 cm³/mol. The fraction of sp³-hybridized carbons (Fsp3) is 0.556. The van der Waals surface area contributed by atoms with E-state index in [4.69, 9.17) is 16.0 Å². The van der Waals surface area contributed by atoms with Crippen LogP contribution in [0.2, 0.25) is 0 Å². The van der Waals surface area contributed by atoms with Gasteiger partial charge in [0.2, 0.25) is 5.72 Å². The van der Waals surface area contributed by atoms with Crippen LogP contribution < -0.4 is 11.4 Å². The SMILES string of the molecule is [N-]=[N+]=N[C@@]1(CO)O[C@H](n2ccc(N)nc2=O)[C@H](O)[C@H]1O. The molecule has 1 saturated heterocycles. The third kappa shape index (κ3) is 2.09. The van der Waals surface area contributed by atoms with E-state index in [9.17, 15) is 20.1 Å². The zero-order chi connectivity index (χ0) is 14.9. The molecule has 11 nitrogen and oxygen atoms in total. The number of hydrogen-bond donors (Lipinski definition) is 4. The van der Waals surface area contributed by atoms with Gasteiger partial charge in [-0.1, -0.05) is 5.11 Å². The van der Waals surface area contributed by atoms with Gasteiger partial charge in [-0.05, 0) is 11.6 Å². The number of nitrogen functional groups attached to an aromatic ring is 1. The lowest BCUT2D eigenvalue weighted by atomic mass is 10.1. The van der Waals surface area contributed by atoms with Crippen molar-refractivity contribution in [1.82, 2.24) is 9.55 Å². The van der Waals surface area contributed by atoms with Crippen LogP contribution in [-0.2, 0) is 4.74 Å². The van der Waals surface area contributed by atoms with E-state index in [2.05, 4.69) is 15.0 Å². The normalized spacial score (nSPS) is 32.9. The molecule has 20 heavy (non-hydrogen) atoms. The maximum absolute atomic E-state index is 11.7. The van der Waals surface area contributed by atoms with Crippen LogP contribution in [0, 0.1) is 0 Å². The first-order chi connectivity index (χ1) is 9.45. The highest BCUT2D eigenvalue weighted by Gasteiger charge is 2.54. The Hall–Kier alpha value is -2.17. The minimum absolute atomic E-state index is 0.0252. The van der Waals surface area contributed by atoms with Gasteiger partial charge in [0, 0.05) is 11.1 Å². The fourth-order valence-corrected chi connectivity index (χ4v) is 1.93. The van der Waals surface area contributed by atoms with Gasteiger partial charge in [0.1, 0.15) is 18.0 Å². The molecule has 5 N–H and O–H groups in total. The van der Waals surface area contributed by atoms with Crippen molar-refractivity contribution in [3.63, 3.8) is 0 Å². The smallest absolute Gasteiger partial charge is 0.351 e. The Morgan fingerprint density at radius 1 is 1.65 bits per heavy atom. The summed E-state index contributed by atoms with van der Waals surface area (Å²) in [5.74, 6) is -0.0252. The number of aliphatic hydroxyl groups is 3.